The van der Waals surface area contributed by atoms with Crippen LogP contribution in [0.15, 0.2) is 36.5 Å². The van der Waals surface area contributed by atoms with Crippen LogP contribution in [0.1, 0.15) is 15.9 Å². The molecule has 6 nitrogen and oxygen atoms in total. The third-order valence-corrected chi connectivity index (χ3v) is 3.11. The maximum Gasteiger partial charge on any atom is 0.251 e. The normalized spacial score (nSPS) is 9.95. The number of ether oxygens (including phenoxy) is 3. The molecular formula is C16H18N2O4. The Hall–Kier alpha value is -2.76. The fourth-order valence-electron chi connectivity index (χ4n) is 1.90. The van der Waals surface area contributed by atoms with Crippen molar-refractivity contribution in [2.45, 2.75) is 6.54 Å². The summed E-state index contributed by atoms with van der Waals surface area (Å²) in [5.74, 6) is 1.44. The Balaban J connectivity index is 2.02. The van der Waals surface area contributed by atoms with Gasteiger partial charge in [0.2, 0.25) is 5.88 Å². The zero-order chi connectivity index (χ0) is 15.9. The van der Waals surface area contributed by atoms with E-state index in [1.54, 1.807) is 44.7 Å². The first kappa shape index (κ1) is 15.6. The van der Waals surface area contributed by atoms with E-state index >= 15 is 0 Å². The first-order valence-corrected chi connectivity index (χ1v) is 6.67. The lowest BCUT2D eigenvalue weighted by Crippen LogP contribution is -2.22. The van der Waals surface area contributed by atoms with Crippen molar-refractivity contribution in [3.8, 4) is 17.4 Å². The number of hydrogen-bond donors (Lipinski definition) is 1. The number of rotatable bonds is 6. The molecule has 1 aromatic heterocycles. The zero-order valence-electron chi connectivity index (χ0n) is 12.8. The Bertz CT molecular complexity index is 641. The average Bonchev–Trinajstić information content (AvgIpc) is 2.59. The summed E-state index contributed by atoms with van der Waals surface area (Å²) in [4.78, 5) is 16.2. The fourth-order valence-corrected chi connectivity index (χ4v) is 1.90. The molecule has 2 aromatic rings. The van der Waals surface area contributed by atoms with Crippen LogP contribution in [-0.2, 0) is 6.54 Å². The molecule has 0 saturated carbocycles. The van der Waals surface area contributed by atoms with Gasteiger partial charge in [0.1, 0.15) is 0 Å². The maximum atomic E-state index is 12.2. The Morgan fingerprint density at radius 3 is 2.41 bits per heavy atom. The van der Waals surface area contributed by atoms with Crippen molar-refractivity contribution >= 4 is 5.91 Å². The van der Waals surface area contributed by atoms with E-state index in [-0.39, 0.29) is 5.91 Å². The third-order valence-electron chi connectivity index (χ3n) is 3.11. The van der Waals surface area contributed by atoms with Gasteiger partial charge in [0, 0.05) is 24.4 Å². The standard InChI is InChI=1S/C16H18N2O4/c1-20-13-6-5-12(8-14(13)21-2)16(19)18-10-11-4-7-15(22-3)17-9-11/h4-9H,10H2,1-3H3,(H,18,19). The van der Waals surface area contributed by atoms with E-state index in [1.165, 1.54) is 7.11 Å². The van der Waals surface area contributed by atoms with Crippen molar-refractivity contribution < 1.29 is 19.0 Å². The minimum Gasteiger partial charge on any atom is -0.493 e. The van der Waals surface area contributed by atoms with Crippen molar-refractivity contribution in [3.63, 3.8) is 0 Å². The largest absolute Gasteiger partial charge is 0.493 e. The van der Waals surface area contributed by atoms with Gasteiger partial charge in [-0.05, 0) is 23.8 Å². The minimum atomic E-state index is -0.197. The fraction of sp³-hybridized carbons (Fsp3) is 0.250. The second-order valence-electron chi connectivity index (χ2n) is 4.46. The smallest absolute Gasteiger partial charge is 0.251 e. The van der Waals surface area contributed by atoms with Gasteiger partial charge in [-0.15, -0.1) is 0 Å². The first-order valence-electron chi connectivity index (χ1n) is 6.67. The van der Waals surface area contributed by atoms with Crippen LogP contribution in [0.2, 0.25) is 0 Å². The van der Waals surface area contributed by atoms with Crippen LogP contribution in [0.5, 0.6) is 17.4 Å². The van der Waals surface area contributed by atoms with Gasteiger partial charge in [-0.25, -0.2) is 4.98 Å². The molecule has 0 fully saturated rings. The highest BCUT2D eigenvalue weighted by Gasteiger charge is 2.10. The molecule has 0 aliphatic carbocycles. The molecule has 0 bridgehead atoms. The summed E-state index contributed by atoms with van der Waals surface area (Å²) in [6.07, 6.45) is 1.66. The minimum absolute atomic E-state index is 0.197. The lowest BCUT2D eigenvalue weighted by atomic mass is 10.2. The molecule has 1 heterocycles. The summed E-state index contributed by atoms with van der Waals surface area (Å²) < 4.78 is 15.3. The van der Waals surface area contributed by atoms with Gasteiger partial charge >= 0.3 is 0 Å². The third kappa shape index (κ3) is 3.66. The summed E-state index contributed by atoms with van der Waals surface area (Å²) in [6.45, 7) is 0.379. The number of carbonyl (C=O) groups is 1. The summed E-state index contributed by atoms with van der Waals surface area (Å²) in [5.41, 5.74) is 1.38. The summed E-state index contributed by atoms with van der Waals surface area (Å²) in [7, 11) is 4.64. The van der Waals surface area contributed by atoms with Gasteiger partial charge in [0.25, 0.3) is 5.91 Å². The van der Waals surface area contributed by atoms with Gasteiger partial charge in [0.15, 0.2) is 11.5 Å². The molecule has 2 rings (SSSR count). The molecule has 0 aliphatic rings. The van der Waals surface area contributed by atoms with E-state index in [0.29, 0.717) is 29.5 Å². The van der Waals surface area contributed by atoms with Crippen LogP contribution >= 0.6 is 0 Å². The number of carbonyl (C=O) groups excluding carboxylic acids is 1. The molecule has 1 amide bonds. The molecule has 0 unspecified atom stereocenters. The lowest BCUT2D eigenvalue weighted by Gasteiger charge is -2.10. The highest BCUT2D eigenvalue weighted by molar-refractivity contribution is 5.94. The van der Waals surface area contributed by atoms with Crippen molar-refractivity contribution in [2.24, 2.45) is 0 Å². The van der Waals surface area contributed by atoms with Crippen LogP contribution in [0.4, 0.5) is 0 Å². The number of methoxy groups -OCH3 is 3. The van der Waals surface area contributed by atoms with Gasteiger partial charge in [-0.3, -0.25) is 4.79 Å². The van der Waals surface area contributed by atoms with E-state index in [1.807, 2.05) is 6.07 Å². The number of benzene rings is 1. The van der Waals surface area contributed by atoms with Gasteiger partial charge in [-0.1, -0.05) is 6.07 Å². The van der Waals surface area contributed by atoms with E-state index in [2.05, 4.69) is 10.3 Å². The summed E-state index contributed by atoms with van der Waals surface area (Å²) in [5, 5.41) is 2.83. The van der Waals surface area contributed by atoms with E-state index < -0.39 is 0 Å². The number of amides is 1. The van der Waals surface area contributed by atoms with Crippen LogP contribution in [-0.4, -0.2) is 32.2 Å². The lowest BCUT2D eigenvalue weighted by molar-refractivity contribution is 0.0950. The highest BCUT2D eigenvalue weighted by Crippen LogP contribution is 2.27. The van der Waals surface area contributed by atoms with Crippen molar-refractivity contribution in [1.82, 2.24) is 10.3 Å². The Morgan fingerprint density at radius 2 is 1.82 bits per heavy atom. The Kier molecular flexibility index (Phi) is 5.19. The molecule has 1 N–H and O–H groups in total. The van der Waals surface area contributed by atoms with Crippen LogP contribution in [0.25, 0.3) is 0 Å². The Labute approximate surface area is 129 Å². The van der Waals surface area contributed by atoms with Crippen molar-refractivity contribution in [2.75, 3.05) is 21.3 Å². The Morgan fingerprint density at radius 1 is 1.05 bits per heavy atom. The van der Waals surface area contributed by atoms with Crippen molar-refractivity contribution in [1.29, 1.82) is 0 Å². The molecule has 0 radical (unpaired) electrons. The van der Waals surface area contributed by atoms with E-state index in [9.17, 15) is 4.79 Å². The summed E-state index contributed by atoms with van der Waals surface area (Å²) in [6, 6.07) is 8.62. The predicted octanol–water partition coefficient (Wildman–Crippen LogP) is 2.04. The van der Waals surface area contributed by atoms with E-state index in [0.717, 1.165) is 5.56 Å². The van der Waals surface area contributed by atoms with Crippen molar-refractivity contribution in [3.05, 3.63) is 47.7 Å². The molecule has 1 aromatic carbocycles. The molecule has 0 saturated heterocycles. The van der Waals surface area contributed by atoms with Gasteiger partial charge in [0.05, 0.1) is 21.3 Å². The average molecular weight is 302 g/mol. The summed E-state index contributed by atoms with van der Waals surface area (Å²) >= 11 is 0. The number of pyridine rings is 1. The quantitative estimate of drug-likeness (QED) is 0.884. The maximum absolute atomic E-state index is 12.2. The number of nitrogens with one attached hydrogen (secondary N) is 1. The zero-order valence-corrected chi connectivity index (χ0v) is 12.8. The monoisotopic (exact) mass is 302 g/mol. The van der Waals surface area contributed by atoms with Gasteiger partial charge < -0.3 is 19.5 Å². The topological polar surface area (TPSA) is 69.7 Å². The molecular weight excluding hydrogens is 284 g/mol. The molecule has 0 aliphatic heterocycles. The predicted molar refractivity (Wildman–Crippen MR) is 81.5 cm³/mol. The molecule has 116 valence electrons. The number of aromatic nitrogens is 1. The number of nitrogens with zero attached hydrogens (tertiary/aromatic N) is 1. The van der Waals surface area contributed by atoms with Gasteiger partial charge in [-0.2, -0.15) is 0 Å². The highest BCUT2D eigenvalue weighted by atomic mass is 16.5. The SMILES string of the molecule is COc1ccc(CNC(=O)c2ccc(OC)c(OC)c2)cn1. The molecule has 22 heavy (non-hydrogen) atoms. The second-order valence-corrected chi connectivity index (χ2v) is 4.46. The van der Waals surface area contributed by atoms with Crippen LogP contribution in [0, 0.1) is 0 Å². The van der Waals surface area contributed by atoms with E-state index in [4.69, 9.17) is 14.2 Å². The number of hydrogen-bond acceptors (Lipinski definition) is 5. The molecule has 0 spiro atoms. The molecule has 6 heteroatoms. The second kappa shape index (κ2) is 7.31. The van der Waals surface area contributed by atoms with Crippen LogP contribution in [0.3, 0.4) is 0 Å². The molecule has 0 atom stereocenters. The van der Waals surface area contributed by atoms with Crippen LogP contribution < -0.4 is 19.5 Å². The first-order chi connectivity index (χ1) is 10.7.